The molecule has 0 saturated carbocycles. The number of nitriles is 1. The molecule has 0 radical (unpaired) electrons. The van der Waals surface area contributed by atoms with Gasteiger partial charge in [-0.05, 0) is 55.8 Å². The summed E-state index contributed by atoms with van der Waals surface area (Å²) in [5, 5.41) is 28.1. The fourth-order valence-electron chi connectivity index (χ4n) is 2.63. The van der Waals surface area contributed by atoms with Crippen LogP contribution < -0.4 is 5.56 Å². The highest BCUT2D eigenvalue weighted by Crippen LogP contribution is 2.29. The van der Waals surface area contributed by atoms with Crippen LogP contribution >= 0.6 is 15.9 Å². The Labute approximate surface area is 164 Å². The van der Waals surface area contributed by atoms with Gasteiger partial charge in [-0.2, -0.15) is 10.4 Å². The number of hydrogen-bond acceptors (Lipinski definition) is 5. The first-order chi connectivity index (χ1) is 12.9. The van der Waals surface area contributed by atoms with E-state index in [0.29, 0.717) is 11.4 Å². The van der Waals surface area contributed by atoms with Crippen LogP contribution in [0.4, 0.5) is 11.4 Å². The Bertz CT molecular complexity index is 1140. The van der Waals surface area contributed by atoms with Crippen LogP contribution in [0.1, 0.15) is 16.7 Å². The second-order valence-electron chi connectivity index (χ2n) is 5.94. The zero-order chi connectivity index (χ0) is 19.6. The number of pyridine rings is 1. The Morgan fingerprint density at radius 1 is 1.11 bits per heavy atom. The Kier molecular flexibility index (Phi) is 5.19. The quantitative estimate of drug-likeness (QED) is 0.587. The van der Waals surface area contributed by atoms with Crippen LogP contribution in [-0.2, 0) is 0 Å². The summed E-state index contributed by atoms with van der Waals surface area (Å²) in [7, 11) is 0. The molecule has 0 fully saturated rings. The molecule has 0 aliphatic heterocycles. The standard InChI is InChI=1S/C20H15BrN4O2/c1-12-4-3-5-16(10-12)25-19(26)17(11-22)13(2)18(20(25)27)24-23-15-8-6-14(21)7-9-15/h3-10,26H,1-2H3. The van der Waals surface area contributed by atoms with Crippen LogP contribution in [0.3, 0.4) is 0 Å². The van der Waals surface area contributed by atoms with Crippen LogP contribution in [0.5, 0.6) is 5.88 Å². The number of hydrogen-bond donors (Lipinski definition) is 1. The summed E-state index contributed by atoms with van der Waals surface area (Å²) < 4.78 is 1.98. The van der Waals surface area contributed by atoms with Gasteiger partial charge in [0.2, 0.25) is 5.88 Å². The summed E-state index contributed by atoms with van der Waals surface area (Å²) in [5.41, 5.74) is 1.66. The third-order valence-electron chi connectivity index (χ3n) is 4.04. The highest BCUT2D eigenvalue weighted by Gasteiger charge is 2.20. The average Bonchev–Trinajstić information content (AvgIpc) is 2.63. The van der Waals surface area contributed by atoms with E-state index in [-0.39, 0.29) is 16.8 Å². The molecule has 1 aromatic heterocycles. The van der Waals surface area contributed by atoms with Crippen LogP contribution in [0.15, 0.2) is 68.0 Å². The van der Waals surface area contributed by atoms with Crippen molar-refractivity contribution in [2.75, 3.05) is 0 Å². The van der Waals surface area contributed by atoms with Crippen molar-refractivity contribution >= 4 is 27.3 Å². The molecular formula is C20H15BrN4O2. The summed E-state index contributed by atoms with van der Waals surface area (Å²) in [4.78, 5) is 13.0. The lowest BCUT2D eigenvalue weighted by molar-refractivity contribution is 0.433. The first-order valence-electron chi connectivity index (χ1n) is 8.05. The molecule has 0 aliphatic rings. The van der Waals surface area contributed by atoms with E-state index < -0.39 is 11.4 Å². The second kappa shape index (κ2) is 7.56. The fourth-order valence-corrected chi connectivity index (χ4v) is 2.90. The van der Waals surface area contributed by atoms with Crippen molar-refractivity contribution in [3.05, 3.63) is 80.0 Å². The van der Waals surface area contributed by atoms with Crippen LogP contribution in [0.25, 0.3) is 5.69 Å². The summed E-state index contributed by atoms with van der Waals surface area (Å²) in [6, 6.07) is 16.1. The summed E-state index contributed by atoms with van der Waals surface area (Å²) in [6.45, 7) is 3.44. The number of azo groups is 1. The summed E-state index contributed by atoms with van der Waals surface area (Å²) >= 11 is 3.34. The molecule has 0 atom stereocenters. The predicted octanol–water partition coefficient (Wildman–Crippen LogP) is 5.21. The molecule has 6 nitrogen and oxygen atoms in total. The summed E-state index contributed by atoms with van der Waals surface area (Å²) in [6.07, 6.45) is 0. The number of rotatable bonds is 3. The molecule has 0 bridgehead atoms. The number of benzene rings is 2. The molecule has 0 amide bonds. The lowest BCUT2D eigenvalue weighted by atomic mass is 10.1. The van der Waals surface area contributed by atoms with Gasteiger partial charge in [0.1, 0.15) is 11.6 Å². The molecule has 0 aliphatic carbocycles. The van der Waals surface area contributed by atoms with E-state index in [2.05, 4.69) is 26.2 Å². The molecule has 1 heterocycles. The average molecular weight is 423 g/mol. The largest absolute Gasteiger partial charge is 0.493 e. The Balaban J connectivity index is 2.23. The van der Waals surface area contributed by atoms with Crippen LogP contribution in [-0.4, -0.2) is 9.67 Å². The molecular weight excluding hydrogens is 408 g/mol. The van der Waals surface area contributed by atoms with Gasteiger partial charge in [-0.15, -0.1) is 5.11 Å². The van der Waals surface area contributed by atoms with Gasteiger partial charge < -0.3 is 5.11 Å². The van der Waals surface area contributed by atoms with E-state index >= 15 is 0 Å². The molecule has 3 rings (SSSR count). The maximum absolute atomic E-state index is 13.0. The lowest BCUT2D eigenvalue weighted by Crippen LogP contribution is -2.20. The smallest absolute Gasteiger partial charge is 0.286 e. The van der Waals surface area contributed by atoms with E-state index in [1.165, 1.54) is 0 Å². The zero-order valence-electron chi connectivity index (χ0n) is 14.6. The maximum atomic E-state index is 13.0. The number of halogens is 1. The van der Waals surface area contributed by atoms with Crippen molar-refractivity contribution in [2.45, 2.75) is 13.8 Å². The van der Waals surface area contributed by atoms with E-state index in [4.69, 9.17) is 0 Å². The third-order valence-corrected chi connectivity index (χ3v) is 4.56. The van der Waals surface area contributed by atoms with Crippen molar-refractivity contribution in [1.82, 2.24) is 4.57 Å². The zero-order valence-corrected chi connectivity index (χ0v) is 16.2. The van der Waals surface area contributed by atoms with Gasteiger partial charge in [0.05, 0.1) is 11.4 Å². The molecule has 0 saturated heterocycles. The van der Waals surface area contributed by atoms with Gasteiger partial charge in [-0.3, -0.25) is 4.79 Å². The Hall–Kier alpha value is -3.24. The first kappa shape index (κ1) is 18.5. The highest BCUT2D eigenvalue weighted by molar-refractivity contribution is 9.10. The number of aryl methyl sites for hydroxylation is 1. The minimum atomic E-state index is -0.546. The number of aromatic hydroxyl groups is 1. The molecule has 134 valence electrons. The minimum Gasteiger partial charge on any atom is -0.493 e. The first-order valence-corrected chi connectivity index (χ1v) is 8.84. The maximum Gasteiger partial charge on any atom is 0.286 e. The van der Waals surface area contributed by atoms with Crippen molar-refractivity contribution < 1.29 is 5.11 Å². The topological polar surface area (TPSA) is 90.7 Å². The molecule has 27 heavy (non-hydrogen) atoms. The lowest BCUT2D eigenvalue weighted by Gasteiger charge is -2.13. The van der Waals surface area contributed by atoms with Gasteiger partial charge in [-0.1, -0.05) is 28.1 Å². The monoisotopic (exact) mass is 422 g/mol. The van der Waals surface area contributed by atoms with E-state index in [1.54, 1.807) is 37.3 Å². The Morgan fingerprint density at radius 3 is 2.44 bits per heavy atom. The second-order valence-corrected chi connectivity index (χ2v) is 6.86. The van der Waals surface area contributed by atoms with E-state index in [1.807, 2.05) is 31.2 Å². The fraction of sp³-hybridized carbons (Fsp3) is 0.100. The van der Waals surface area contributed by atoms with Gasteiger partial charge in [0, 0.05) is 10.0 Å². The van der Waals surface area contributed by atoms with Crippen molar-refractivity contribution in [1.29, 1.82) is 5.26 Å². The van der Waals surface area contributed by atoms with Gasteiger partial charge in [-0.25, -0.2) is 4.57 Å². The molecule has 0 spiro atoms. The normalized spacial score (nSPS) is 10.9. The highest BCUT2D eigenvalue weighted by atomic mass is 79.9. The molecule has 0 unspecified atom stereocenters. The number of nitrogens with zero attached hydrogens (tertiary/aromatic N) is 4. The van der Waals surface area contributed by atoms with Crippen molar-refractivity contribution in [3.63, 3.8) is 0 Å². The molecule has 2 aromatic carbocycles. The van der Waals surface area contributed by atoms with E-state index in [9.17, 15) is 15.2 Å². The SMILES string of the molecule is Cc1cccc(-n2c(O)c(C#N)c(C)c(N=Nc3ccc(Br)cc3)c2=O)c1. The molecule has 3 aromatic rings. The van der Waals surface area contributed by atoms with Gasteiger partial charge in [0.15, 0.2) is 5.69 Å². The third kappa shape index (κ3) is 3.66. The van der Waals surface area contributed by atoms with Crippen LogP contribution in [0, 0.1) is 25.2 Å². The Morgan fingerprint density at radius 2 is 1.81 bits per heavy atom. The molecule has 7 heteroatoms. The van der Waals surface area contributed by atoms with E-state index in [0.717, 1.165) is 14.6 Å². The summed E-state index contributed by atoms with van der Waals surface area (Å²) in [5.74, 6) is -0.409. The van der Waals surface area contributed by atoms with Crippen LogP contribution in [0.2, 0.25) is 0 Å². The van der Waals surface area contributed by atoms with Crippen molar-refractivity contribution in [2.24, 2.45) is 10.2 Å². The van der Waals surface area contributed by atoms with Gasteiger partial charge in [0.25, 0.3) is 5.56 Å². The van der Waals surface area contributed by atoms with Crippen molar-refractivity contribution in [3.8, 4) is 17.6 Å². The predicted molar refractivity (Wildman–Crippen MR) is 106 cm³/mol. The number of aromatic nitrogens is 1. The van der Waals surface area contributed by atoms with Gasteiger partial charge >= 0.3 is 0 Å². The molecule has 1 N–H and O–H groups in total. The minimum absolute atomic E-state index is 0.00812.